The number of allylic oxidation sites excluding steroid dienone is 4. The summed E-state index contributed by atoms with van der Waals surface area (Å²) in [5, 5.41) is 4.10. The van der Waals surface area contributed by atoms with Crippen LogP contribution in [-0.2, 0) is 9.63 Å². The van der Waals surface area contributed by atoms with Crippen molar-refractivity contribution >= 4 is 23.4 Å². The molecular formula is C29H32N2O2. The molecule has 0 bridgehead atoms. The summed E-state index contributed by atoms with van der Waals surface area (Å²) < 4.78 is 0. The fraction of sp³-hybridized carbons (Fsp3) is 0.310. The van der Waals surface area contributed by atoms with Gasteiger partial charge in [-0.15, -0.1) is 0 Å². The first kappa shape index (κ1) is 22.8. The number of rotatable bonds is 6. The van der Waals surface area contributed by atoms with E-state index in [1.165, 1.54) is 11.3 Å². The van der Waals surface area contributed by atoms with E-state index in [4.69, 9.17) is 4.84 Å². The van der Waals surface area contributed by atoms with Crippen molar-refractivity contribution in [3.05, 3.63) is 94.6 Å². The number of benzene rings is 2. The molecular weight excluding hydrogens is 408 g/mol. The zero-order valence-electron chi connectivity index (χ0n) is 20.0. The van der Waals surface area contributed by atoms with Gasteiger partial charge in [0.25, 0.3) is 0 Å². The van der Waals surface area contributed by atoms with Gasteiger partial charge in [-0.1, -0.05) is 79.7 Å². The lowest BCUT2D eigenvalue weighted by molar-refractivity contribution is -0.136. The smallest absolute Gasteiger partial charge is 0.368 e. The summed E-state index contributed by atoms with van der Waals surface area (Å²) in [7, 11) is 0. The number of oxime groups is 1. The normalized spacial score (nSPS) is 19.9. The van der Waals surface area contributed by atoms with E-state index in [0.29, 0.717) is 11.3 Å². The first-order valence-corrected chi connectivity index (χ1v) is 11.7. The number of anilines is 1. The molecule has 0 spiro atoms. The minimum absolute atomic E-state index is 0.0357. The molecule has 4 rings (SSSR count). The number of nitrogens with zero attached hydrogens (tertiary/aromatic N) is 2. The van der Waals surface area contributed by atoms with Gasteiger partial charge in [0.2, 0.25) is 0 Å². The van der Waals surface area contributed by atoms with Crippen molar-refractivity contribution < 1.29 is 9.63 Å². The molecule has 2 aromatic carbocycles. The first-order valence-electron chi connectivity index (χ1n) is 11.7. The Hall–Kier alpha value is -3.40. The molecule has 170 valence electrons. The summed E-state index contributed by atoms with van der Waals surface area (Å²) >= 11 is 0. The lowest BCUT2D eigenvalue weighted by Gasteiger charge is -2.31. The van der Waals surface area contributed by atoms with Crippen LogP contribution >= 0.6 is 0 Å². The zero-order valence-corrected chi connectivity index (χ0v) is 20.0. The fourth-order valence-electron chi connectivity index (χ4n) is 4.66. The van der Waals surface area contributed by atoms with E-state index in [9.17, 15) is 4.79 Å². The van der Waals surface area contributed by atoms with Crippen LogP contribution in [0.5, 0.6) is 0 Å². The Bertz CT molecular complexity index is 1130. The number of hydrogen-bond donors (Lipinski definition) is 0. The topological polar surface area (TPSA) is 41.9 Å². The molecule has 0 aromatic heterocycles. The Labute approximate surface area is 196 Å². The van der Waals surface area contributed by atoms with Gasteiger partial charge in [-0.3, -0.25) is 0 Å². The van der Waals surface area contributed by atoms with E-state index in [1.54, 1.807) is 0 Å². The van der Waals surface area contributed by atoms with Gasteiger partial charge >= 0.3 is 5.97 Å². The van der Waals surface area contributed by atoms with Crippen molar-refractivity contribution in [2.24, 2.45) is 10.6 Å². The summed E-state index contributed by atoms with van der Waals surface area (Å²) in [5.74, 6) is -0.367. The maximum absolute atomic E-state index is 12.6. The molecule has 4 heteroatoms. The molecule has 0 N–H and O–H groups in total. The molecule has 0 unspecified atom stereocenters. The SMILES string of the molecule is CCN(CC)c1ccc(/C=C/C2=CC(=C3\C(=O)ON=C3c3ccccc3)/CC(C)(C)C2)cc1. The molecule has 2 aromatic rings. The van der Waals surface area contributed by atoms with Gasteiger partial charge in [0.1, 0.15) is 5.71 Å². The molecule has 1 heterocycles. The van der Waals surface area contributed by atoms with Gasteiger partial charge in [-0.05, 0) is 60.9 Å². The van der Waals surface area contributed by atoms with Crippen LogP contribution in [-0.4, -0.2) is 24.8 Å². The molecule has 0 saturated carbocycles. The minimum Gasteiger partial charge on any atom is -0.372 e. The maximum atomic E-state index is 12.6. The third-order valence-electron chi connectivity index (χ3n) is 6.25. The van der Waals surface area contributed by atoms with Crippen molar-refractivity contribution in [2.75, 3.05) is 18.0 Å². The Balaban J connectivity index is 1.64. The standard InChI is InChI=1S/C29H32N2O2/c1-5-31(6-2)25-16-14-21(15-17-25)12-13-22-18-24(20-29(3,4)19-22)26-27(30-33-28(26)32)23-10-8-7-9-11-23/h7-18H,5-6,19-20H2,1-4H3/b13-12+,26-24+. The Morgan fingerprint density at radius 1 is 0.970 bits per heavy atom. The van der Waals surface area contributed by atoms with Crippen LogP contribution in [0.25, 0.3) is 6.08 Å². The van der Waals surface area contributed by atoms with Crippen molar-refractivity contribution in [1.29, 1.82) is 0 Å². The first-order chi connectivity index (χ1) is 15.9. The van der Waals surface area contributed by atoms with E-state index < -0.39 is 0 Å². The molecule has 33 heavy (non-hydrogen) atoms. The minimum atomic E-state index is -0.367. The third kappa shape index (κ3) is 5.16. The predicted octanol–water partition coefficient (Wildman–Crippen LogP) is 6.55. The molecule has 1 aliphatic carbocycles. The van der Waals surface area contributed by atoms with Crippen LogP contribution < -0.4 is 4.90 Å². The number of carbonyl (C=O) groups excluding carboxylic acids is 1. The maximum Gasteiger partial charge on any atom is 0.368 e. The lowest BCUT2D eigenvalue weighted by atomic mass is 9.73. The van der Waals surface area contributed by atoms with Crippen LogP contribution in [0.4, 0.5) is 5.69 Å². The summed E-state index contributed by atoms with van der Waals surface area (Å²) in [6, 6.07) is 18.4. The highest BCUT2D eigenvalue weighted by Crippen LogP contribution is 2.41. The molecule has 1 aliphatic heterocycles. The quantitative estimate of drug-likeness (QED) is 0.378. The average molecular weight is 441 g/mol. The van der Waals surface area contributed by atoms with Gasteiger partial charge in [-0.2, -0.15) is 0 Å². The molecule has 4 nitrogen and oxygen atoms in total. The Morgan fingerprint density at radius 2 is 1.67 bits per heavy atom. The molecule has 2 aliphatic rings. The number of hydrogen-bond acceptors (Lipinski definition) is 4. The highest BCUT2D eigenvalue weighted by molar-refractivity contribution is 6.29. The highest BCUT2D eigenvalue weighted by Gasteiger charge is 2.34. The Kier molecular flexibility index (Phi) is 6.64. The molecule has 0 atom stereocenters. The van der Waals surface area contributed by atoms with Crippen LogP contribution in [0, 0.1) is 5.41 Å². The predicted molar refractivity (Wildman–Crippen MR) is 136 cm³/mol. The van der Waals surface area contributed by atoms with Gasteiger partial charge < -0.3 is 9.74 Å². The van der Waals surface area contributed by atoms with Crippen LogP contribution in [0.3, 0.4) is 0 Å². The summed E-state index contributed by atoms with van der Waals surface area (Å²) in [4.78, 5) is 20.1. The van der Waals surface area contributed by atoms with Gasteiger partial charge in [0.15, 0.2) is 0 Å². The van der Waals surface area contributed by atoms with Crippen molar-refractivity contribution in [1.82, 2.24) is 0 Å². The second-order valence-electron chi connectivity index (χ2n) is 9.42. The summed E-state index contributed by atoms with van der Waals surface area (Å²) in [6.45, 7) is 10.8. The van der Waals surface area contributed by atoms with Crippen molar-refractivity contribution in [3.8, 4) is 0 Å². The van der Waals surface area contributed by atoms with Crippen LogP contribution in [0.15, 0.2) is 88.6 Å². The summed E-state index contributed by atoms with van der Waals surface area (Å²) in [6.07, 6.45) is 8.23. The molecule has 0 radical (unpaired) electrons. The van der Waals surface area contributed by atoms with E-state index in [1.807, 2.05) is 30.3 Å². The van der Waals surface area contributed by atoms with Gasteiger partial charge in [-0.25, -0.2) is 4.79 Å². The van der Waals surface area contributed by atoms with Crippen molar-refractivity contribution in [2.45, 2.75) is 40.5 Å². The molecule has 0 saturated heterocycles. The summed E-state index contributed by atoms with van der Waals surface area (Å²) in [5.41, 5.74) is 6.75. The third-order valence-corrected chi connectivity index (χ3v) is 6.25. The fourth-order valence-corrected chi connectivity index (χ4v) is 4.66. The highest BCUT2D eigenvalue weighted by atomic mass is 16.7. The zero-order chi connectivity index (χ0) is 23.4. The van der Waals surface area contributed by atoms with Gasteiger partial charge in [0.05, 0.1) is 5.57 Å². The van der Waals surface area contributed by atoms with E-state index >= 15 is 0 Å². The largest absolute Gasteiger partial charge is 0.372 e. The second-order valence-corrected chi connectivity index (χ2v) is 9.42. The van der Waals surface area contributed by atoms with Crippen molar-refractivity contribution in [3.63, 3.8) is 0 Å². The lowest BCUT2D eigenvalue weighted by Crippen LogP contribution is -2.21. The second kappa shape index (κ2) is 9.62. The number of carbonyl (C=O) groups is 1. The van der Waals surface area contributed by atoms with Gasteiger partial charge in [0, 0.05) is 24.3 Å². The van der Waals surface area contributed by atoms with E-state index in [0.717, 1.165) is 42.6 Å². The van der Waals surface area contributed by atoms with E-state index in [-0.39, 0.29) is 11.4 Å². The van der Waals surface area contributed by atoms with E-state index in [2.05, 4.69) is 80.2 Å². The monoisotopic (exact) mass is 440 g/mol. The average Bonchev–Trinajstić information content (AvgIpc) is 3.20. The van der Waals surface area contributed by atoms with Crippen LogP contribution in [0.2, 0.25) is 0 Å². The Morgan fingerprint density at radius 3 is 2.33 bits per heavy atom. The van der Waals surface area contributed by atoms with Crippen LogP contribution in [0.1, 0.15) is 51.7 Å². The molecule has 0 fully saturated rings. The molecule has 0 amide bonds.